The molecule has 1 fully saturated rings. The predicted molar refractivity (Wildman–Crippen MR) is 97.5 cm³/mol. The Morgan fingerprint density at radius 3 is 2.96 bits per heavy atom. The Bertz CT molecular complexity index is 710. The van der Waals surface area contributed by atoms with Gasteiger partial charge in [-0.2, -0.15) is 0 Å². The summed E-state index contributed by atoms with van der Waals surface area (Å²) in [5, 5.41) is 5.87. The fraction of sp³-hybridized carbons (Fsp3) is 0.474. The van der Waals surface area contributed by atoms with Crippen LogP contribution in [0.4, 0.5) is 0 Å². The summed E-state index contributed by atoms with van der Waals surface area (Å²) in [5.74, 6) is 1.76. The second kappa shape index (κ2) is 7.70. The zero-order chi connectivity index (χ0) is 17.8. The van der Waals surface area contributed by atoms with Crippen molar-refractivity contribution in [2.24, 2.45) is 10.9 Å². The van der Waals surface area contributed by atoms with E-state index in [-0.39, 0.29) is 11.9 Å². The first-order valence-electron chi connectivity index (χ1n) is 8.67. The van der Waals surface area contributed by atoms with Crippen LogP contribution >= 0.6 is 0 Å². The molecule has 2 aliphatic heterocycles. The quantitative estimate of drug-likeness (QED) is 0.776. The molecule has 2 heterocycles. The Kier molecular flexibility index (Phi) is 5.38. The molecule has 6 heteroatoms. The molecule has 0 aromatic heterocycles. The second-order valence-electron chi connectivity index (χ2n) is 6.82. The fourth-order valence-electron chi connectivity index (χ4n) is 3.10. The predicted octanol–water partition coefficient (Wildman–Crippen LogP) is 2.10. The van der Waals surface area contributed by atoms with Gasteiger partial charge in [0.15, 0.2) is 0 Å². The molecule has 6 nitrogen and oxygen atoms in total. The maximum atomic E-state index is 12.2. The summed E-state index contributed by atoms with van der Waals surface area (Å²) in [7, 11) is 1.66. The standard InChI is InChI=1S/C19H25N3O3/c1-12(2)8-15(11-24-3)20-19-21-16(18(23)22-19)10-13-4-5-17-14(9-13)6-7-25-17/h4-5,9-10,12,15H,6-8,11H2,1-3H3,(H2,20,21,22,23)/b16-10-/t15-/m1/s1. The number of ether oxygens (including phenoxy) is 2. The molecule has 0 radical (unpaired) electrons. The highest BCUT2D eigenvalue weighted by molar-refractivity contribution is 6.15. The molecule has 1 amide bonds. The number of amides is 1. The summed E-state index contributed by atoms with van der Waals surface area (Å²) in [5.41, 5.74) is 2.65. The molecule has 0 aliphatic carbocycles. The summed E-state index contributed by atoms with van der Waals surface area (Å²) in [6, 6.07) is 5.98. The van der Waals surface area contributed by atoms with Gasteiger partial charge in [-0.3, -0.25) is 10.1 Å². The molecule has 1 aromatic rings. The van der Waals surface area contributed by atoms with Gasteiger partial charge in [-0.1, -0.05) is 19.9 Å². The lowest BCUT2D eigenvalue weighted by Crippen LogP contribution is -2.29. The molecule has 1 saturated heterocycles. The van der Waals surface area contributed by atoms with Crippen molar-refractivity contribution in [3.05, 3.63) is 35.0 Å². The van der Waals surface area contributed by atoms with E-state index in [1.54, 1.807) is 7.11 Å². The lowest BCUT2D eigenvalue weighted by Gasteiger charge is -2.14. The normalized spacial score (nSPS) is 20.6. The van der Waals surface area contributed by atoms with Crippen LogP contribution in [0.5, 0.6) is 5.75 Å². The van der Waals surface area contributed by atoms with Gasteiger partial charge in [0.1, 0.15) is 11.4 Å². The Labute approximate surface area is 148 Å². The first-order valence-corrected chi connectivity index (χ1v) is 8.67. The van der Waals surface area contributed by atoms with Gasteiger partial charge in [0, 0.05) is 13.5 Å². The van der Waals surface area contributed by atoms with Crippen molar-refractivity contribution in [2.45, 2.75) is 32.7 Å². The highest BCUT2D eigenvalue weighted by Crippen LogP contribution is 2.26. The lowest BCUT2D eigenvalue weighted by atomic mass is 10.1. The van der Waals surface area contributed by atoms with E-state index in [4.69, 9.17) is 9.47 Å². The van der Waals surface area contributed by atoms with Crippen LogP contribution in [-0.2, 0) is 16.0 Å². The lowest BCUT2D eigenvalue weighted by molar-refractivity contribution is -0.115. The average molecular weight is 343 g/mol. The van der Waals surface area contributed by atoms with Crippen molar-refractivity contribution in [2.75, 3.05) is 20.3 Å². The highest BCUT2D eigenvalue weighted by Gasteiger charge is 2.23. The molecule has 1 aromatic carbocycles. The minimum absolute atomic E-state index is 0.0179. The number of fused-ring (bicyclic) bond motifs is 1. The van der Waals surface area contributed by atoms with Gasteiger partial charge in [0.25, 0.3) is 5.91 Å². The van der Waals surface area contributed by atoms with Crippen LogP contribution in [-0.4, -0.2) is 38.2 Å². The van der Waals surface area contributed by atoms with Crippen LogP contribution in [0.3, 0.4) is 0 Å². The third-order valence-corrected chi connectivity index (χ3v) is 4.17. The van der Waals surface area contributed by atoms with Crippen molar-refractivity contribution in [3.63, 3.8) is 0 Å². The van der Waals surface area contributed by atoms with Crippen molar-refractivity contribution < 1.29 is 14.3 Å². The van der Waals surface area contributed by atoms with Gasteiger partial charge in [-0.15, -0.1) is 0 Å². The molecular weight excluding hydrogens is 318 g/mol. The number of benzene rings is 1. The van der Waals surface area contributed by atoms with Crippen LogP contribution in [0.25, 0.3) is 6.08 Å². The number of methoxy groups -OCH3 is 1. The molecule has 2 aliphatic rings. The minimum atomic E-state index is -0.170. The van der Waals surface area contributed by atoms with Gasteiger partial charge >= 0.3 is 0 Å². The van der Waals surface area contributed by atoms with Crippen LogP contribution in [0.1, 0.15) is 31.4 Å². The van der Waals surface area contributed by atoms with Gasteiger partial charge in [-0.25, -0.2) is 4.99 Å². The van der Waals surface area contributed by atoms with Crippen molar-refractivity contribution in [1.29, 1.82) is 0 Å². The Morgan fingerprint density at radius 2 is 2.20 bits per heavy atom. The van der Waals surface area contributed by atoms with Crippen LogP contribution in [0.2, 0.25) is 0 Å². The Morgan fingerprint density at radius 1 is 1.36 bits per heavy atom. The number of rotatable bonds is 6. The van der Waals surface area contributed by atoms with E-state index in [0.29, 0.717) is 24.2 Å². The Balaban J connectivity index is 1.74. The van der Waals surface area contributed by atoms with Gasteiger partial charge in [-0.05, 0) is 41.7 Å². The monoisotopic (exact) mass is 343 g/mol. The smallest absolute Gasteiger partial charge is 0.274 e. The van der Waals surface area contributed by atoms with E-state index in [2.05, 4.69) is 35.5 Å². The SMILES string of the molecule is COC[C@@H](CC(C)C)N=C1NC(=O)/C(=C/c2ccc3c(c2)CCO3)N1. The summed E-state index contributed by atoms with van der Waals surface area (Å²) in [4.78, 5) is 16.8. The van der Waals surface area contributed by atoms with Crippen molar-refractivity contribution in [1.82, 2.24) is 10.6 Å². The number of hydrogen-bond donors (Lipinski definition) is 2. The van der Waals surface area contributed by atoms with Crippen molar-refractivity contribution >= 4 is 17.9 Å². The average Bonchev–Trinajstić information content (AvgIpc) is 3.13. The third-order valence-electron chi connectivity index (χ3n) is 4.17. The molecule has 2 N–H and O–H groups in total. The molecular formula is C19H25N3O3. The maximum Gasteiger partial charge on any atom is 0.274 e. The van der Waals surface area contributed by atoms with E-state index >= 15 is 0 Å². The number of guanidine groups is 1. The van der Waals surface area contributed by atoms with Crippen molar-refractivity contribution in [3.8, 4) is 5.75 Å². The first kappa shape index (κ1) is 17.5. The topological polar surface area (TPSA) is 72.0 Å². The largest absolute Gasteiger partial charge is 0.493 e. The van der Waals surface area contributed by atoms with E-state index in [1.807, 2.05) is 18.2 Å². The first-order chi connectivity index (χ1) is 12.0. The van der Waals surface area contributed by atoms with E-state index in [1.165, 1.54) is 5.56 Å². The summed E-state index contributed by atoms with van der Waals surface area (Å²) in [6.07, 6.45) is 3.65. The third kappa shape index (κ3) is 4.39. The zero-order valence-electron chi connectivity index (χ0n) is 15.0. The number of nitrogens with zero attached hydrogens (tertiary/aromatic N) is 1. The number of carbonyl (C=O) groups excluding carboxylic acids is 1. The highest BCUT2D eigenvalue weighted by atomic mass is 16.5. The van der Waals surface area contributed by atoms with E-state index in [9.17, 15) is 4.79 Å². The number of hydrogen-bond acceptors (Lipinski definition) is 4. The summed E-state index contributed by atoms with van der Waals surface area (Å²) in [6.45, 7) is 5.55. The van der Waals surface area contributed by atoms with Gasteiger partial charge in [0.2, 0.25) is 5.96 Å². The second-order valence-corrected chi connectivity index (χ2v) is 6.82. The molecule has 3 rings (SSSR count). The van der Waals surface area contributed by atoms with Gasteiger partial charge < -0.3 is 14.8 Å². The fourth-order valence-corrected chi connectivity index (χ4v) is 3.10. The van der Waals surface area contributed by atoms with E-state index in [0.717, 1.165) is 30.8 Å². The zero-order valence-corrected chi connectivity index (χ0v) is 15.0. The molecule has 1 atom stereocenters. The summed E-state index contributed by atoms with van der Waals surface area (Å²) < 4.78 is 10.7. The minimum Gasteiger partial charge on any atom is -0.493 e. The van der Waals surface area contributed by atoms with Gasteiger partial charge in [0.05, 0.1) is 19.3 Å². The molecule has 0 spiro atoms. The van der Waals surface area contributed by atoms with E-state index < -0.39 is 0 Å². The number of aliphatic imine (C=N–C) groups is 1. The molecule has 0 bridgehead atoms. The Hall–Kier alpha value is -2.34. The maximum absolute atomic E-state index is 12.2. The molecule has 134 valence electrons. The molecule has 25 heavy (non-hydrogen) atoms. The van der Waals surface area contributed by atoms with Crippen LogP contribution in [0.15, 0.2) is 28.9 Å². The number of carbonyl (C=O) groups is 1. The summed E-state index contributed by atoms with van der Waals surface area (Å²) >= 11 is 0. The van der Waals surface area contributed by atoms with Crippen LogP contribution < -0.4 is 15.4 Å². The molecule has 0 unspecified atom stereocenters. The number of nitrogens with one attached hydrogen (secondary N) is 2. The molecule has 0 saturated carbocycles. The van der Waals surface area contributed by atoms with Crippen LogP contribution in [0, 0.1) is 5.92 Å².